The second-order valence-electron chi connectivity index (χ2n) is 4.82. The van der Waals surface area contributed by atoms with Gasteiger partial charge in [0, 0.05) is 11.4 Å². The molecule has 0 atom stereocenters. The maximum atomic E-state index is 3.53. The Morgan fingerprint density at radius 1 is 1.41 bits per heavy atom. The van der Waals surface area contributed by atoms with Gasteiger partial charge in [0.25, 0.3) is 0 Å². The fourth-order valence-electron chi connectivity index (χ4n) is 2.44. The zero-order chi connectivity index (χ0) is 12.1. The number of hydrogen-bond donors (Lipinski definition) is 1. The van der Waals surface area contributed by atoms with Gasteiger partial charge in [0.2, 0.25) is 0 Å². The monoisotopic (exact) mass is 316 g/mol. The first-order valence-corrected chi connectivity index (χ1v) is 8.00. The van der Waals surface area contributed by atoms with Crippen molar-refractivity contribution in [3.05, 3.63) is 20.8 Å². The molecule has 0 bridgehead atoms. The number of nitrogens with zero attached hydrogens (tertiary/aromatic N) is 1. The second-order valence-corrected chi connectivity index (χ2v) is 7.37. The molecule has 1 saturated heterocycles. The zero-order valence-corrected chi connectivity index (χ0v) is 12.8. The lowest BCUT2D eigenvalue weighted by Gasteiger charge is -2.31. The van der Waals surface area contributed by atoms with Crippen LogP contribution in [0.5, 0.6) is 0 Å². The lowest BCUT2D eigenvalue weighted by atomic mass is 9.93. The van der Waals surface area contributed by atoms with E-state index in [1.807, 2.05) is 18.4 Å². The Morgan fingerprint density at radius 2 is 2.18 bits per heavy atom. The maximum absolute atomic E-state index is 3.53. The first-order chi connectivity index (χ1) is 8.28. The fraction of sp³-hybridized carbons (Fsp3) is 0.692. The molecule has 0 unspecified atom stereocenters. The van der Waals surface area contributed by atoms with Gasteiger partial charge in [-0.3, -0.25) is 4.90 Å². The first kappa shape index (κ1) is 13.5. The van der Waals surface area contributed by atoms with Crippen LogP contribution in [-0.2, 0) is 6.54 Å². The Bertz CT molecular complexity index is 332. The van der Waals surface area contributed by atoms with Crippen molar-refractivity contribution in [1.29, 1.82) is 0 Å². The highest BCUT2D eigenvalue weighted by Crippen LogP contribution is 2.26. The molecule has 0 saturated carbocycles. The highest BCUT2D eigenvalue weighted by molar-refractivity contribution is 9.11. The molecular formula is C13H21BrN2S. The van der Waals surface area contributed by atoms with E-state index in [2.05, 4.69) is 38.3 Å². The topological polar surface area (TPSA) is 15.3 Å². The molecule has 1 N–H and O–H groups in total. The van der Waals surface area contributed by atoms with Crippen LogP contribution >= 0.6 is 27.3 Å². The van der Waals surface area contributed by atoms with E-state index in [-0.39, 0.29) is 0 Å². The molecule has 1 aromatic heterocycles. The minimum absolute atomic E-state index is 0.939. The molecule has 1 fully saturated rings. The fourth-order valence-corrected chi connectivity index (χ4v) is 3.96. The highest BCUT2D eigenvalue weighted by Gasteiger charge is 2.18. The summed E-state index contributed by atoms with van der Waals surface area (Å²) in [6.45, 7) is 4.84. The molecule has 1 aromatic rings. The van der Waals surface area contributed by atoms with Crippen molar-refractivity contribution in [1.82, 2.24) is 10.2 Å². The van der Waals surface area contributed by atoms with E-state index in [0.29, 0.717) is 0 Å². The van der Waals surface area contributed by atoms with Gasteiger partial charge in [0.1, 0.15) is 0 Å². The summed E-state index contributed by atoms with van der Waals surface area (Å²) in [6, 6.07) is 4.39. The third kappa shape index (κ3) is 4.36. The summed E-state index contributed by atoms with van der Waals surface area (Å²) >= 11 is 5.39. The van der Waals surface area contributed by atoms with E-state index in [9.17, 15) is 0 Å². The third-order valence-electron chi connectivity index (χ3n) is 3.52. The van der Waals surface area contributed by atoms with Gasteiger partial charge in [-0.15, -0.1) is 11.3 Å². The van der Waals surface area contributed by atoms with Crippen LogP contribution in [0, 0.1) is 5.92 Å². The van der Waals surface area contributed by atoms with Crippen LogP contribution in [0.4, 0.5) is 0 Å². The minimum Gasteiger partial charge on any atom is -0.320 e. The van der Waals surface area contributed by atoms with Gasteiger partial charge < -0.3 is 5.32 Å². The number of halogens is 1. The summed E-state index contributed by atoms with van der Waals surface area (Å²) in [5.74, 6) is 0.939. The molecule has 2 nitrogen and oxygen atoms in total. The first-order valence-electron chi connectivity index (χ1n) is 6.39. The Labute approximate surface area is 117 Å². The van der Waals surface area contributed by atoms with Crippen LogP contribution in [0.25, 0.3) is 0 Å². The average molecular weight is 317 g/mol. The maximum Gasteiger partial charge on any atom is 0.0701 e. The van der Waals surface area contributed by atoms with E-state index >= 15 is 0 Å². The molecule has 17 heavy (non-hydrogen) atoms. The molecule has 0 aliphatic carbocycles. The summed E-state index contributed by atoms with van der Waals surface area (Å²) in [5.41, 5.74) is 0. The Hall–Kier alpha value is 0.1000. The number of piperidine rings is 1. The van der Waals surface area contributed by atoms with E-state index in [4.69, 9.17) is 0 Å². The van der Waals surface area contributed by atoms with Gasteiger partial charge in [-0.25, -0.2) is 0 Å². The predicted octanol–water partition coefficient (Wildman–Crippen LogP) is 3.33. The van der Waals surface area contributed by atoms with Crippen LogP contribution in [0.1, 0.15) is 24.1 Å². The van der Waals surface area contributed by atoms with Crippen LogP contribution < -0.4 is 5.32 Å². The standard InChI is InChI=1S/C13H21BrN2S/c1-15-7-4-11-5-8-16(9-6-11)10-12-2-3-13(14)17-12/h2-3,11,15H,4-10H2,1H3. The SMILES string of the molecule is CNCCC1CCN(Cc2ccc(Br)s2)CC1. The molecule has 0 radical (unpaired) electrons. The minimum atomic E-state index is 0.939. The van der Waals surface area contributed by atoms with Crippen molar-refractivity contribution in [2.75, 3.05) is 26.7 Å². The molecule has 96 valence electrons. The van der Waals surface area contributed by atoms with Crippen molar-refractivity contribution < 1.29 is 0 Å². The van der Waals surface area contributed by atoms with Crippen molar-refractivity contribution in [3.8, 4) is 0 Å². The molecule has 1 aliphatic rings. The van der Waals surface area contributed by atoms with Gasteiger partial charge in [0.15, 0.2) is 0 Å². The summed E-state index contributed by atoms with van der Waals surface area (Å²) in [4.78, 5) is 4.07. The molecule has 0 amide bonds. The van der Waals surface area contributed by atoms with Crippen LogP contribution in [0.2, 0.25) is 0 Å². The Kier molecular flexibility index (Phi) is 5.48. The number of nitrogens with one attached hydrogen (secondary N) is 1. The normalized spacial score (nSPS) is 18.7. The van der Waals surface area contributed by atoms with E-state index in [1.165, 1.54) is 47.6 Å². The van der Waals surface area contributed by atoms with Crippen LogP contribution in [-0.4, -0.2) is 31.6 Å². The van der Waals surface area contributed by atoms with E-state index in [1.54, 1.807) is 0 Å². The van der Waals surface area contributed by atoms with Gasteiger partial charge in [-0.1, -0.05) is 0 Å². The molecular weight excluding hydrogens is 296 g/mol. The zero-order valence-electron chi connectivity index (χ0n) is 10.4. The molecule has 0 spiro atoms. The third-order valence-corrected chi connectivity index (χ3v) is 5.13. The predicted molar refractivity (Wildman–Crippen MR) is 78.6 cm³/mol. The van der Waals surface area contributed by atoms with Gasteiger partial charge >= 0.3 is 0 Å². The van der Waals surface area contributed by atoms with Crippen molar-refractivity contribution in [3.63, 3.8) is 0 Å². The smallest absolute Gasteiger partial charge is 0.0701 e. The summed E-state index contributed by atoms with van der Waals surface area (Å²) in [5, 5.41) is 3.25. The van der Waals surface area contributed by atoms with Crippen molar-refractivity contribution in [2.24, 2.45) is 5.92 Å². The second kappa shape index (κ2) is 6.88. The quantitative estimate of drug-likeness (QED) is 0.896. The summed E-state index contributed by atoms with van der Waals surface area (Å²) < 4.78 is 1.25. The number of rotatable bonds is 5. The van der Waals surface area contributed by atoms with Gasteiger partial charge in [-0.2, -0.15) is 0 Å². The summed E-state index contributed by atoms with van der Waals surface area (Å²) in [6.07, 6.45) is 4.08. The van der Waals surface area contributed by atoms with Crippen LogP contribution in [0.3, 0.4) is 0 Å². The van der Waals surface area contributed by atoms with Gasteiger partial charge in [0.05, 0.1) is 3.79 Å². The van der Waals surface area contributed by atoms with Crippen molar-refractivity contribution in [2.45, 2.75) is 25.8 Å². The molecule has 1 aliphatic heterocycles. The lowest BCUT2D eigenvalue weighted by Crippen LogP contribution is -2.33. The molecule has 4 heteroatoms. The Morgan fingerprint density at radius 3 is 2.76 bits per heavy atom. The summed E-state index contributed by atoms with van der Waals surface area (Å²) in [7, 11) is 2.05. The van der Waals surface area contributed by atoms with E-state index < -0.39 is 0 Å². The van der Waals surface area contributed by atoms with Crippen LogP contribution in [0.15, 0.2) is 15.9 Å². The van der Waals surface area contributed by atoms with Gasteiger partial charge in [-0.05, 0) is 79.9 Å². The molecule has 2 heterocycles. The molecule has 2 rings (SSSR count). The lowest BCUT2D eigenvalue weighted by molar-refractivity contribution is 0.173. The largest absolute Gasteiger partial charge is 0.320 e. The number of thiophene rings is 1. The number of likely N-dealkylation sites (tertiary alicyclic amines) is 1. The number of hydrogen-bond acceptors (Lipinski definition) is 3. The van der Waals surface area contributed by atoms with E-state index in [0.717, 1.165) is 12.5 Å². The van der Waals surface area contributed by atoms with Crippen molar-refractivity contribution >= 4 is 27.3 Å². The molecule has 0 aromatic carbocycles. The Balaban J connectivity index is 1.72. The average Bonchev–Trinajstić information content (AvgIpc) is 2.74. The highest BCUT2D eigenvalue weighted by atomic mass is 79.9.